The minimum Gasteiger partial charge on any atom is -0.362 e. The molecule has 0 bridgehead atoms. The van der Waals surface area contributed by atoms with Crippen LogP contribution in [0.25, 0.3) is 0 Å². The molecule has 0 radical (unpaired) electrons. The zero-order chi connectivity index (χ0) is 18.6. The Labute approximate surface area is 146 Å². The monoisotopic (exact) mass is 378 g/mol. The van der Waals surface area contributed by atoms with Crippen LogP contribution >= 0.6 is 12.2 Å². The van der Waals surface area contributed by atoms with Crippen LogP contribution in [0.2, 0.25) is 0 Å². The predicted molar refractivity (Wildman–Crippen MR) is 87.2 cm³/mol. The highest BCUT2D eigenvalue weighted by atomic mass is 32.1. The van der Waals surface area contributed by atoms with Crippen molar-refractivity contribution in [1.29, 1.82) is 0 Å². The number of rotatable bonds is 5. The third-order valence-electron chi connectivity index (χ3n) is 3.28. The molecule has 0 saturated heterocycles. The molecular formula is C15H15F5N4S. The molecule has 0 aliphatic heterocycles. The fourth-order valence-corrected chi connectivity index (χ4v) is 2.28. The third-order valence-corrected chi connectivity index (χ3v) is 3.53. The Morgan fingerprint density at radius 3 is 2.56 bits per heavy atom. The fourth-order valence-electron chi connectivity index (χ4n) is 2.06. The normalized spacial score (nSPS) is 11.4. The summed E-state index contributed by atoms with van der Waals surface area (Å²) < 4.78 is 65.3. The minimum atomic E-state index is -4.47. The summed E-state index contributed by atoms with van der Waals surface area (Å²) in [4.78, 5) is 0. The van der Waals surface area contributed by atoms with E-state index in [0.717, 1.165) is 18.2 Å². The molecule has 2 N–H and O–H groups in total. The highest BCUT2D eigenvalue weighted by Gasteiger charge is 2.34. The van der Waals surface area contributed by atoms with Gasteiger partial charge in [-0.25, -0.2) is 8.78 Å². The number of anilines is 1. The Morgan fingerprint density at radius 1 is 1.24 bits per heavy atom. The SMILES string of the molecule is Cc1cc(C(F)(F)F)nn1CCCNC(=S)Nc1ccc(F)cc1F. The van der Waals surface area contributed by atoms with Gasteiger partial charge in [-0.2, -0.15) is 18.3 Å². The molecule has 1 heterocycles. The quantitative estimate of drug-likeness (QED) is 0.471. The molecule has 0 atom stereocenters. The molecule has 2 rings (SSSR count). The van der Waals surface area contributed by atoms with Crippen LogP contribution in [0.4, 0.5) is 27.6 Å². The van der Waals surface area contributed by atoms with Gasteiger partial charge in [-0.1, -0.05) is 0 Å². The van der Waals surface area contributed by atoms with Gasteiger partial charge in [-0.15, -0.1) is 0 Å². The van der Waals surface area contributed by atoms with E-state index in [1.165, 1.54) is 10.7 Å². The van der Waals surface area contributed by atoms with E-state index in [1.807, 2.05) is 0 Å². The summed E-state index contributed by atoms with van der Waals surface area (Å²) in [7, 11) is 0. The van der Waals surface area contributed by atoms with E-state index in [0.29, 0.717) is 18.7 Å². The van der Waals surface area contributed by atoms with Crippen LogP contribution < -0.4 is 10.6 Å². The molecule has 0 spiro atoms. The fraction of sp³-hybridized carbons (Fsp3) is 0.333. The van der Waals surface area contributed by atoms with Gasteiger partial charge in [0.15, 0.2) is 10.8 Å². The largest absolute Gasteiger partial charge is 0.435 e. The molecule has 0 amide bonds. The lowest BCUT2D eigenvalue weighted by atomic mass is 10.3. The number of nitrogens with one attached hydrogen (secondary N) is 2. The molecule has 0 aliphatic rings. The number of thiocarbonyl (C=S) groups is 1. The summed E-state index contributed by atoms with van der Waals surface area (Å²) in [5.41, 5.74) is -0.500. The summed E-state index contributed by atoms with van der Waals surface area (Å²) in [6.45, 7) is 2.15. The molecule has 1 aromatic carbocycles. The number of hydrogen-bond donors (Lipinski definition) is 2. The number of benzene rings is 1. The van der Waals surface area contributed by atoms with Gasteiger partial charge in [-0.05, 0) is 43.8 Å². The number of hydrogen-bond acceptors (Lipinski definition) is 2. The number of halogens is 5. The number of alkyl halides is 3. The second kappa shape index (κ2) is 7.77. The van der Waals surface area contributed by atoms with Crippen LogP contribution in [0, 0.1) is 18.6 Å². The maximum absolute atomic E-state index is 13.5. The Hall–Kier alpha value is -2.23. The first-order valence-corrected chi connectivity index (χ1v) is 7.69. The van der Waals surface area contributed by atoms with Crippen molar-refractivity contribution in [1.82, 2.24) is 15.1 Å². The van der Waals surface area contributed by atoms with Gasteiger partial charge >= 0.3 is 6.18 Å². The van der Waals surface area contributed by atoms with Gasteiger partial charge < -0.3 is 10.6 Å². The minimum absolute atomic E-state index is 0.0247. The molecule has 10 heteroatoms. The van der Waals surface area contributed by atoms with Crippen molar-refractivity contribution < 1.29 is 22.0 Å². The van der Waals surface area contributed by atoms with Crippen molar-refractivity contribution in [3.63, 3.8) is 0 Å². The van der Waals surface area contributed by atoms with Crippen molar-refractivity contribution in [2.24, 2.45) is 0 Å². The van der Waals surface area contributed by atoms with Crippen molar-refractivity contribution in [3.8, 4) is 0 Å². The van der Waals surface area contributed by atoms with E-state index < -0.39 is 23.5 Å². The van der Waals surface area contributed by atoms with E-state index in [2.05, 4.69) is 15.7 Å². The molecule has 25 heavy (non-hydrogen) atoms. The lowest BCUT2D eigenvalue weighted by molar-refractivity contribution is -0.141. The molecule has 2 aromatic rings. The van der Waals surface area contributed by atoms with Gasteiger partial charge in [0.1, 0.15) is 11.6 Å². The van der Waals surface area contributed by atoms with Gasteiger partial charge in [0.2, 0.25) is 0 Å². The topological polar surface area (TPSA) is 41.9 Å². The van der Waals surface area contributed by atoms with Gasteiger partial charge in [0.25, 0.3) is 0 Å². The Kier molecular flexibility index (Phi) is 5.93. The van der Waals surface area contributed by atoms with E-state index >= 15 is 0 Å². The van der Waals surface area contributed by atoms with Crippen molar-refractivity contribution in [3.05, 3.63) is 47.3 Å². The van der Waals surface area contributed by atoms with Gasteiger partial charge in [-0.3, -0.25) is 4.68 Å². The molecule has 0 unspecified atom stereocenters. The van der Waals surface area contributed by atoms with E-state index in [-0.39, 0.29) is 17.3 Å². The number of aromatic nitrogens is 2. The zero-order valence-corrected chi connectivity index (χ0v) is 13.9. The van der Waals surface area contributed by atoms with E-state index in [9.17, 15) is 22.0 Å². The molecule has 0 aliphatic carbocycles. The summed E-state index contributed by atoms with van der Waals surface area (Å²) in [6.07, 6.45) is -4.02. The van der Waals surface area contributed by atoms with E-state index in [1.54, 1.807) is 6.92 Å². The van der Waals surface area contributed by atoms with Crippen LogP contribution in [0.1, 0.15) is 17.8 Å². The highest BCUT2D eigenvalue weighted by molar-refractivity contribution is 7.80. The molecule has 1 aromatic heterocycles. The molecule has 4 nitrogen and oxygen atoms in total. The van der Waals surface area contributed by atoms with Gasteiger partial charge in [0, 0.05) is 24.8 Å². The predicted octanol–water partition coefficient (Wildman–Crippen LogP) is 3.87. The van der Waals surface area contributed by atoms with Crippen molar-refractivity contribution in [2.45, 2.75) is 26.1 Å². The van der Waals surface area contributed by atoms with E-state index in [4.69, 9.17) is 12.2 Å². The number of aryl methyl sites for hydroxylation is 2. The first-order valence-electron chi connectivity index (χ1n) is 7.28. The van der Waals surface area contributed by atoms with Crippen molar-refractivity contribution in [2.75, 3.05) is 11.9 Å². The van der Waals surface area contributed by atoms with Crippen LogP contribution in [-0.2, 0) is 12.7 Å². The first kappa shape index (κ1) is 19.1. The van der Waals surface area contributed by atoms with Crippen LogP contribution in [0.3, 0.4) is 0 Å². The Morgan fingerprint density at radius 2 is 1.96 bits per heavy atom. The number of nitrogens with zero attached hydrogens (tertiary/aromatic N) is 2. The van der Waals surface area contributed by atoms with Crippen LogP contribution in [-0.4, -0.2) is 21.4 Å². The van der Waals surface area contributed by atoms with Crippen LogP contribution in [0.15, 0.2) is 24.3 Å². The van der Waals surface area contributed by atoms with Gasteiger partial charge in [0.05, 0.1) is 5.69 Å². The average molecular weight is 378 g/mol. The maximum atomic E-state index is 13.5. The summed E-state index contributed by atoms with van der Waals surface area (Å²) in [5.74, 6) is -1.48. The summed E-state index contributed by atoms with van der Waals surface area (Å²) >= 11 is 4.98. The smallest absolute Gasteiger partial charge is 0.362 e. The van der Waals surface area contributed by atoms with Crippen molar-refractivity contribution >= 4 is 23.0 Å². The Bertz CT molecular complexity index is 757. The third kappa shape index (κ3) is 5.38. The second-order valence-corrected chi connectivity index (χ2v) is 5.66. The summed E-state index contributed by atoms with van der Waals surface area (Å²) in [5, 5.41) is 9.01. The molecule has 136 valence electrons. The summed E-state index contributed by atoms with van der Waals surface area (Å²) in [6, 6.07) is 4.01. The lowest BCUT2D eigenvalue weighted by Gasteiger charge is -2.11. The molecule has 0 fully saturated rings. The lowest BCUT2D eigenvalue weighted by Crippen LogP contribution is -2.30. The average Bonchev–Trinajstić information content (AvgIpc) is 2.88. The first-order chi connectivity index (χ1) is 11.7. The Balaban J connectivity index is 1.79. The maximum Gasteiger partial charge on any atom is 0.435 e. The second-order valence-electron chi connectivity index (χ2n) is 5.25. The van der Waals surface area contributed by atoms with Crippen LogP contribution in [0.5, 0.6) is 0 Å². The molecular weight excluding hydrogens is 363 g/mol. The zero-order valence-electron chi connectivity index (χ0n) is 13.1. The standard InChI is InChI=1S/C15H15F5N4S/c1-9-7-13(15(18,19)20)23-24(9)6-2-5-21-14(25)22-12-4-3-10(16)8-11(12)17/h3-4,7-8H,2,5-6H2,1H3,(H2,21,22,25). The highest BCUT2D eigenvalue weighted by Crippen LogP contribution is 2.28. The molecule has 0 saturated carbocycles.